The van der Waals surface area contributed by atoms with E-state index < -0.39 is 0 Å². The van der Waals surface area contributed by atoms with Crippen LogP contribution in [-0.2, 0) is 6.42 Å². The summed E-state index contributed by atoms with van der Waals surface area (Å²) >= 11 is 9.63. The van der Waals surface area contributed by atoms with Crippen molar-refractivity contribution in [2.75, 3.05) is 5.75 Å². The first-order chi connectivity index (χ1) is 13.7. The van der Waals surface area contributed by atoms with Crippen LogP contribution in [0.25, 0.3) is 0 Å². The van der Waals surface area contributed by atoms with Gasteiger partial charge in [-0.2, -0.15) is 0 Å². The number of benzene rings is 3. The van der Waals surface area contributed by atoms with Gasteiger partial charge in [-0.1, -0.05) is 83.5 Å². The van der Waals surface area contributed by atoms with Gasteiger partial charge in [-0.3, -0.25) is 0 Å². The molecule has 0 atom stereocenters. The Bertz CT molecular complexity index is 934. The summed E-state index contributed by atoms with van der Waals surface area (Å²) in [6.07, 6.45) is 3.09. The highest BCUT2D eigenvalue weighted by atomic mass is 35.5. The van der Waals surface area contributed by atoms with Crippen molar-refractivity contribution in [3.05, 3.63) is 106 Å². The summed E-state index contributed by atoms with van der Waals surface area (Å²) in [7, 11) is 0. The summed E-state index contributed by atoms with van der Waals surface area (Å²) in [5.41, 5.74) is 3.56. The molecule has 3 aromatic carbocycles. The Labute approximate surface area is 180 Å². The van der Waals surface area contributed by atoms with Gasteiger partial charge in [0.1, 0.15) is 0 Å². The molecule has 3 aromatic rings. The Balaban J connectivity index is 1.69. The van der Waals surface area contributed by atoms with E-state index in [9.17, 15) is 0 Å². The topological polar surface area (TPSA) is 12.4 Å². The van der Waals surface area contributed by atoms with Gasteiger partial charge in [0.05, 0.1) is 15.8 Å². The number of nitrogens with zero attached hydrogens (tertiary/aromatic N) is 1. The van der Waals surface area contributed by atoms with Crippen LogP contribution in [0.2, 0.25) is 5.02 Å². The summed E-state index contributed by atoms with van der Waals surface area (Å²) in [4.78, 5) is 5.88. The number of halogens is 1. The van der Waals surface area contributed by atoms with Gasteiger partial charge < -0.3 is 0 Å². The van der Waals surface area contributed by atoms with Crippen LogP contribution in [0.3, 0.4) is 0 Å². The Morgan fingerprint density at radius 1 is 0.929 bits per heavy atom. The highest BCUT2D eigenvalue weighted by Crippen LogP contribution is 2.28. The maximum absolute atomic E-state index is 6.25. The number of rotatable bonds is 7. The van der Waals surface area contributed by atoms with E-state index in [0.29, 0.717) is 0 Å². The number of aliphatic imine (C=N–C) groups is 1. The fourth-order valence-corrected chi connectivity index (χ4v) is 4.41. The lowest BCUT2D eigenvalue weighted by Crippen LogP contribution is -1.93. The second-order valence-electron chi connectivity index (χ2n) is 6.22. The van der Waals surface area contributed by atoms with Crippen LogP contribution in [0.4, 0.5) is 5.69 Å². The third kappa shape index (κ3) is 6.90. The third-order valence-electron chi connectivity index (χ3n) is 4.00. The van der Waals surface area contributed by atoms with Gasteiger partial charge in [0.25, 0.3) is 0 Å². The zero-order chi connectivity index (χ0) is 19.6. The Morgan fingerprint density at radius 2 is 1.64 bits per heavy atom. The van der Waals surface area contributed by atoms with Crippen molar-refractivity contribution in [1.29, 1.82) is 0 Å². The first-order valence-electron chi connectivity index (χ1n) is 9.10. The van der Waals surface area contributed by atoms with E-state index in [1.807, 2.05) is 24.3 Å². The molecule has 0 heterocycles. The minimum Gasteiger partial charge on any atom is -0.242 e. The molecule has 0 saturated heterocycles. The van der Waals surface area contributed by atoms with Crippen molar-refractivity contribution in [1.82, 2.24) is 0 Å². The molecule has 0 fully saturated rings. The zero-order valence-electron chi connectivity index (χ0n) is 15.7. The van der Waals surface area contributed by atoms with Crippen LogP contribution >= 0.6 is 35.1 Å². The highest BCUT2D eigenvalue weighted by Gasteiger charge is 2.01. The van der Waals surface area contributed by atoms with Crippen LogP contribution in [-0.4, -0.2) is 10.8 Å². The molecule has 28 heavy (non-hydrogen) atoms. The standard InChI is InChI=1S/C24H22ClNS2/c1-19-11-13-21(14-12-19)26-24(28-17-15-20-7-3-2-4-8-20)16-18-27-23-10-6-5-9-22(23)25/h2-14,16,18H,15,17H2,1H3. The largest absolute Gasteiger partial charge is 0.242 e. The second-order valence-corrected chi connectivity index (χ2v) is 8.69. The fraction of sp³-hybridized carbons (Fsp3) is 0.125. The Kier molecular flexibility index (Phi) is 8.28. The van der Waals surface area contributed by atoms with Crippen LogP contribution in [0.15, 0.2) is 100 Å². The molecule has 0 aromatic heterocycles. The second kappa shape index (κ2) is 11.2. The molecule has 3 rings (SSSR count). The monoisotopic (exact) mass is 423 g/mol. The molecule has 0 aliphatic rings. The van der Waals surface area contributed by atoms with Crippen molar-refractivity contribution in [3.8, 4) is 0 Å². The lowest BCUT2D eigenvalue weighted by Gasteiger charge is -2.04. The first kappa shape index (κ1) is 20.8. The van der Waals surface area contributed by atoms with Crippen LogP contribution < -0.4 is 0 Å². The van der Waals surface area contributed by atoms with E-state index in [1.54, 1.807) is 23.5 Å². The number of aryl methyl sites for hydroxylation is 2. The van der Waals surface area contributed by atoms with Crippen molar-refractivity contribution >= 4 is 45.9 Å². The van der Waals surface area contributed by atoms with Gasteiger partial charge in [0, 0.05) is 10.6 Å². The molecule has 0 spiro atoms. The molecule has 0 unspecified atom stereocenters. The van der Waals surface area contributed by atoms with E-state index >= 15 is 0 Å². The third-order valence-corrected chi connectivity index (χ3v) is 6.25. The van der Waals surface area contributed by atoms with E-state index in [2.05, 4.69) is 73.0 Å². The molecule has 142 valence electrons. The van der Waals surface area contributed by atoms with Gasteiger partial charge in [0.15, 0.2) is 0 Å². The van der Waals surface area contributed by atoms with Crippen molar-refractivity contribution < 1.29 is 0 Å². The predicted molar refractivity (Wildman–Crippen MR) is 127 cm³/mol. The fourth-order valence-electron chi connectivity index (χ4n) is 2.49. The summed E-state index contributed by atoms with van der Waals surface area (Å²) in [5, 5.41) is 3.83. The van der Waals surface area contributed by atoms with Gasteiger partial charge in [-0.15, -0.1) is 11.8 Å². The molecule has 0 bridgehead atoms. The van der Waals surface area contributed by atoms with Crippen LogP contribution in [0.1, 0.15) is 11.1 Å². The zero-order valence-corrected chi connectivity index (χ0v) is 18.1. The molecule has 0 aliphatic carbocycles. The first-order valence-corrected chi connectivity index (χ1v) is 11.3. The lowest BCUT2D eigenvalue weighted by atomic mass is 10.2. The Hall–Kier alpha value is -1.94. The number of thioether (sulfide) groups is 2. The van der Waals surface area contributed by atoms with E-state index in [1.165, 1.54) is 11.1 Å². The summed E-state index contributed by atoms with van der Waals surface area (Å²) < 4.78 is 0. The van der Waals surface area contributed by atoms with Gasteiger partial charge in [-0.25, -0.2) is 4.99 Å². The molecule has 0 saturated carbocycles. The molecular weight excluding hydrogens is 402 g/mol. The average molecular weight is 424 g/mol. The summed E-state index contributed by atoms with van der Waals surface area (Å²) in [5.74, 6) is 0.982. The predicted octanol–water partition coefficient (Wildman–Crippen LogP) is 7.96. The summed E-state index contributed by atoms with van der Waals surface area (Å²) in [6.45, 7) is 2.09. The van der Waals surface area contributed by atoms with Crippen molar-refractivity contribution in [2.45, 2.75) is 18.2 Å². The molecule has 0 N–H and O–H groups in total. The van der Waals surface area contributed by atoms with Crippen molar-refractivity contribution in [3.63, 3.8) is 0 Å². The minimum atomic E-state index is 0.769. The number of hydrogen-bond acceptors (Lipinski definition) is 3. The number of hydrogen-bond donors (Lipinski definition) is 0. The summed E-state index contributed by atoms with van der Waals surface area (Å²) in [6, 6.07) is 26.7. The highest BCUT2D eigenvalue weighted by molar-refractivity contribution is 8.14. The molecule has 0 radical (unpaired) electrons. The lowest BCUT2D eigenvalue weighted by molar-refractivity contribution is 1.16. The minimum absolute atomic E-state index is 0.769. The average Bonchev–Trinajstić information content (AvgIpc) is 2.72. The maximum Gasteiger partial charge on any atom is 0.0972 e. The molecule has 0 amide bonds. The SMILES string of the molecule is Cc1ccc(N=C(C=CSc2ccccc2Cl)SCCc2ccccc2)cc1. The molecule has 4 heteroatoms. The van der Waals surface area contributed by atoms with Crippen LogP contribution in [0.5, 0.6) is 0 Å². The molecule has 1 nitrogen and oxygen atoms in total. The van der Waals surface area contributed by atoms with Gasteiger partial charge in [0.2, 0.25) is 0 Å². The Morgan fingerprint density at radius 3 is 2.39 bits per heavy atom. The molecule has 0 aliphatic heterocycles. The smallest absolute Gasteiger partial charge is 0.0972 e. The quantitative estimate of drug-likeness (QED) is 0.217. The van der Waals surface area contributed by atoms with Gasteiger partial charge in [-0.05, 0) is 54.7 Å². The van der Waals surface area contributed by atoms with Crippen LogP contribution in [0, 0.1) is 6.92 Å². The molecular formula is C24H22ClNS2. The van der Waals surface area contributed by atoms with E-state index in [0.717, 1.165) is 32.8 Å². The normalized spacial score (nSPS) is 11.9. The van der Waals surface area contributed by atoms with Gasteiger partial charge >= 0.3 is 0 Å². The maximum atomic E-state index is 6.25. The van der Waals surface area contributed by atoms with E-state index in [-0.39, 0.29) is 0 Å². The van der Waals surface area contributed by atoms with Crippen molar-refractivity contribution in [2.24, 2.45) is 4.99 Å². The van der Waals surface area contributed by atoms with E-state index in [4.69, 9.17) is 16.6 Å².